The summed E-state index contributed by atoms with van der Waals surface area (Å²) in [6.45, 7) is 7.97. The number of ether oxygens (including phenoxy) is 1. The Labute approximate surface area is 102 Å². The summed E-state index contributed by atoms with van der Waals surface area (Å²) in [6.07, 6.45) is 0.125. The number of carboxylic acid groups (broad SMARTS) is 1. The Morgan fingerprint density at radius 2 is 1.94 bits per heavy atom. The lowest BCUT2D eigenvalue weighted by Gasteiger charge is -2.20. The van der Waals surface area contributed by atoms with Crippen LogP contribution in [0.5, 0.6) is 5.75 Å². The van der Waals surface area contributed by atoms with Crippen LogP contribution in [0.3, 0.4) is 0 Å². The first-order valence-electron chi connectivity index (χ1n) is 5.75. The van der Waals surface area contributed by atoms with E-state index in [1.165, 1.54) is 5.56 Å². The number of hydrogen-bond donors (Lipinski definition) is 1. The maximum absolute atomic E-state index is 10.8. The summed E-state index contributed by atoms with van der Waals surface area (Å²) in [6, 6.07) is 2.09. The van der Waals surface area contributed by atoms with Crippen molar-refractivity contribution >= 4 is 5.97 Å². The van der Waals surface area contributed by atoms with Crippen LogP contribution >= 0.6 is 0 Å². The second-order valence-electron chi connectivity index (χ2n) is 4.58. The summed E-state index contributed by atoms with van der Waals surface area (Å²) in [5.74, 6) is 0.00943. The summed E-state index contributed by atoms with van der Waals surface area (Å²) < 4.78 is 5.45. The molecule has 0 amide bonds. The van der Waals surface area contributed by atoms with E-state index in [1.807, 2.05) is 27.7 Å². The fraction of sp³-hybridized carbons (Fsp3) is 0.500. The highest BCUT2D eigenvalue weighted by atomic mass is 16.5. The Kier molecular flexibility index (Phi) is 4.16. The van der Waals surface area contributed by atoms with Crippen molar-refractivity contribution in [3.63, 3.8) is 0 Å². The SMILES string of the molecule is COc1c(C)c(C)cc(C)c1C(C)CC(=O)O. The molecule has 1 aromatic carbocycles. The van der Waals surface area contributed by atoms with Crippen molar-refractivity contribution in [3.05, 3.63) is 28.3 Å². The highest BCUT2D eigenvalue weighted by Crippen LogP contribution is 2.36. The van der Waals surface area contributed by atoms with E-state index < -0.39 is 5.97 Å². The molecule has 0 fully saturated rings. The van der Waals surface area contributed by atoms with Gasteiger partial charge < -0.3 is 9.84 Å². The molecule has 1 unspecified atom stereocenters. The van der Waals surface area contributed by atoms with Crippen LogP contribution in [0.2, 0.25) is 0 Å². The van der Waals surface area contributed by atoms with E-state index in [1.54, 1.807) is 7.11 Å². The van der Waals surface area contributed by atoms with Crippen LogP contribution in [-0.2, 0) is 4.79 Å². The van der Waals surface area contributed by atoms with Gasteiger partial charge in [0, 0.05) is 5.56 Å². The minimum Gasteiger partial charge on any atom is -0.496 e. The molecule has 3 nitrogen and oxygen atoms in total. The molecule has 1 aromatic rings. The van der Waals surface area contributed by atoms with Gasteiger partial charge in [-0.05, 0) is 43.4 Å². The number of aryl methyl sites for hydroxylation is 2. The zero-order chi connectivity index (χ0) is 13.2. The number of benzene rings is 1. The first kappa shape index (κ1) is 13.6. The van der Waals surface area contributed by atoms with Crippen molar-refractivity contribution in [2.24, 2.45) is 0 Å². The predicted molar refractivity (Wildman–Crippen MR) is 67.9 cm³/mol. The zero-order valence-electron chi connectivity index (χ0n) is 11.1. The summed E-state index contributed by atoms with van der Waals surface area (Å²) in [7, 11) is 1.64. The monoisotopic (exact) mass is 236 g/mol. The van der Waals surface area contributed by atoms with Crippen LogP contribution in [-0.4, -0.2) is 18.2 Å². The minimum absolute atomic E-state index is 0.0400. The number of aliphatic carboxylic acids is 1. The Hall–Kier alpha value is -1.51. The Balaban J connectivity index is 3.31. The molecule has 17 heavy (non-hydrogen) atoms. The van der Waals surface area contributed by atoms with Crippen LogP contribution in [0.4, 0.5) is 0 Å². The van der Waals surface area contributed by atoms with E-state index in [0.29, 0.717) is 0 Å². The van der Waals surface area contributed by atoms with Gasteiger partial charge >= 0.3 is 5.97 Å². The summed E-state index contributed by atoms with van der Waals surface area (Å²) in [5.41, 5.74) is 4.37. The number of hydrogen-bond acceptors (Lipinski definition) is 2. The number of carbonyl (C=O) groups is 1. The standard InChI is InChI=1S/C14H20O3/c1-8-6-9(2)13(10(3)7-12(15)16)14(17-5)11(8)4/h6,10H,7H2,1-5H3,(H,15,16). The molecule has 1 N–H and O–H groups in total. The molecule has 0 radical (unpaired) electrons. The fourth-order valence-electron chi connectivity index (χ4n) is 2.31. The third kappa shape index (κ3) is 2.78. The summed E-state index contributed by atoms with van der Waals surface area (Å²) in [4.78, 5) is 10.8. The van der Waals surface area contributed by atoms with Crippen molar-refractivity contribution in [2.45, 2.75) is 40.0 Å². The van der Waals surface area contributed by atoms with Gasteiger partial charge in [-0.2, -0.15) is 0 Å². The van der Waals surface area contributed by atoms with Crippen molar-refractivity contribution in [2.75, 3.05) is 7.11 Å². The van der Waals surface area contributed by atoms with E-state index >= 15 is 0 Å². The molecule has 0 saturated heterocycles. The number of methoxy groups -OCH3 is 1. The summed E-state index contributed by atoms with van der Waals surface area (Å²) >= 11 is 0. The van der Waals surface area contributed by atoms with Crippen LogP contribution in [0.1, 0.15) is 41.5 Å². The largest absolute Gasteiger partial charge is 0.496 e. The van der Waals surface area contributed by atoms with E-state index in [2.05, 4.69) is 6.07 Å². The van der Waals surface area contributed by atoms with E-state index in [4.69, 9.17) is 9.84 Å². The molecular weight excluding hydrogens is 216 g/mol. The average Bonchev–Trinajstić information content (AvgIpc) is 2.21. The molecule has 0 saturated carbocycles. The van der Waals surface area contributed by atoms with Gasteiger partial charge in [0.15, 0.2) is 0 Å². The Bertz CT molecular complexity index is 436. The molecule has 1 atom stereocenters. The first-order chi connectivity index (χ1) is 7.88. The molecule has 0 bridgehead atoms. The van der Waals surface area contributed by atoms with Gasteiger partial charge in [0.05, 0.1) is 13.5 Å². The van der Waals surface area contributed by atoms with Crippen molar-refractivity contribution in [1.29, 1.82) is 0 Å². The maximum atomic E-state index is 10.8. The molecule has 0 aliphatic carbocycles. The van der Waals surface area contributed by atoms with Crippen molar-refractivity contribution in [3.8, 4) is 5.75 Å². The van der Waals surface area contributed by atoms with Gasteiger partial charge in [0.25, 0.3) is 0 Å². The molecule has 0 aromatic heterocycles. The molecule has 1 rings (SSSR count). The van der Waals surface area contributed by atoms with E-state index in [-0.39, 0.29) is 12.3 Å². The van der Waals surface area contributed by atoms with Crippen molar-refractivity contribution < 1.29 is 14.6 Å². The zero-order valence-corrected chi connectivity index (χ0v) is 11.1. The fourth-order valence-corrected chi connectivity index (χ4v) is 2.31. The minimum atomic E-state index is -0.780. The molecule has 94 valence electrons. The van der Waals surface area contributed by atoms with Gasteiger partial charge in [0.2, 0.25) is 0 Å². The molecule has 0 heterocycles. The lowest BCUT2D eigenvalue weighted by atomic mass is 9.89. The smallest absolute Gasteiger partial charge is 0.303 e. The molecule has 0 spiro atoms. The lowest BCUT2D eigenvalue weighted by molar-refractivity contribution is -0.137. The average molecular weight is 236 g/mol. The quantitative estimate of drug-likeness (QED) is 0.873. The van der Waals surface area contributed by atoms with Gasteiger partial charge in [-0.3, -0.25) is 4.79 Å². The van der Waals surface area contributed by atoms with E-state index in [9.17, 15) is 4.79 Å². The van der Waals surface area contributed by atoms with Crippen molar-refractivity contribution in [1.82, 2.24) is 0 Å². The Morgan fingerprint density at radius 1 is 1.35 bits per heavy atom. The third-order valence-electron chi connectivity index (χ3n) is 3.21. The van der Waals surface area contributed by atoms with Crippen LogP contribution < -0.4 is 4.74 Å². The maximum Gasteiger partial charge on any atom is 0.303 e. The van der Waals surface area contributed by atoms with Crippen LogP contribution in [0, 0.1) is 20.8 Å². The normalized spacial score (nSPS) is 12.3. The molecule has 0 aliphatic heterocycles. The molecular formula is C14H20O3. The second-order valence-corrected chi connectivity index (χ2v) is 4.58. The third-order valence-corrected chi connectivity index (χ3v) is 3.21. The lowest BCUT2D eigenvalue weighted by Crippen LogP contribution is -2.08. The predicted octanol–water partition coefficient (Wildman–Crippen LogP) is 3.20. The van der Waals surface area contributed by atoms with E-state index in [0.717, 1.165) is 22.4 Å². The summed E-state index contributed by atoms with van der Waals surface area (Å²) in [5, 5.41) is 8.88. The van der Waals surface area contributed by atoms with Gasteiger partial charge in [-0.1, -0.05) is 13.0 Å². The van der Waals surface area contributed by atoms with Gasteiger partial charge in [0.1, 0.15) is 5.75 Å². The first-order valence-corrected chi connectivity index (χ1v) is 5.75. The van der Waals surface area contributed by atoms with Gasteiger partial charge in [-0.25, -0.2) is 0 Å². The van der Waals surface area contributed by atoms with Crippen LogP contribution in [0.15, 0.2) is 6.07 Å². The topological polar surface area (TPSA) is 46.5 Å². The van der Waals surface area contributed by atoms with Crippen LogP contribution in [0.25, 0.3) is 0 Å². The highest BCUT2D eigenvalue weighted by Gasteiger charge is 2.19. The number of carboxylic acids is 1. The molecule has 0 aliphatic rings. The Morgan fingerprint density at radius 3 is 2.41 bits per heavy atom. The molecule has 3 heteroatoms. The highest BCUT2D eigenvalue weighted by molar-refractivity contribution is 5.68. The second kappa shape index (κ2) is 5.21. The number of rotatable bonds is 4. The van der Waals surface area contributed by atoms with Gasteiger partial charge in [-0.15, -0.1) is 0 Å².